The molecular weight excluding hydrogens is 220 g/mol. The summed E-state index contributed by atoms with van der Waals surface area (Å²) in [6.07, 6.45) is 0.343. The Balaban J connectivity index is 3.08. The number of benzene rings is 1. The van der Waals surface area contributed by atoms with Crippen LogP contribution >= 0.6 is 11.6 Å². The normalized spacial score (nSPS) is 12.6. The maximum Gasteiger partial charge on any atom is 0.132 e. The van der Waals surface area contributed by atoms with Gasteiger partial charge in [0.2, 0.25) is 0 Å². The molecule has 0 aliphatic heterocycles. The summed E-state index contributed by atoms with van der Waals surface area (Å²) in [6, 6.07) is 1.39. The maximum absolute atomic E-state index is 13.4. The minimum absolute atomic E-state index is 0.0243. The van der Waals surface area contributed by atoms with Gasteiger partial charge in [0.25, 0.3) is 0 Å². The summed E-state index contributed by atoms with van der Waals surface area (Å²) in [6.45, 7) is 5.40. The lowest BCUT2D eigenvalue weighted by Gasteiger charge is -2.14. The molecule has 1 atom stereocenters. The zero-order valence-electron chi connectivity index (χ0n) is 8.36. The lowest BCUT2D eigenvalue weighted by Crippen LogP contribution is -2.14. The second-order valence-electron chi connectivity index (χ2n) is 3.55. The first-order valence-electron chi connectivity index (χ1n) is 4.46. The number of hydrogen-bond acceptors (Lipinski definition) is 1. The van der Waals surface area contributed by atoms with Gasteiger partial charge in [-0.1, -0.05) is 17.2 Å². The quantitative estimate of drug-likeness (QED) is 0.791. The average molecular weight is 232 g/mol. The molecule has 1 aromatic rings. The van der Waals surface area contributed by atoms with Gasteiger partial charge in [0.05, 0.1) is 0 Å². The van der Waals surface area contributed by atoms with Gasteiger partial charge >= 0.3 is 0 Å². The molecule has 0 heterocycles. The van der Waals surface area contributed by atoms with Gasteiger partial charge in [0.15, 0.2) is 0 Å². The highest BCUT2D eigenvalue weighted by atomic mass is 35.5. The zero-order chi connectivity index (χ0) is 11.6. The van der Waals surface area contributed by atoms with Crippen molar-refractivity contribution in [1.82, 2.24) is 0 Å². The van der Waals surface area contributed by atoms with E-state index >= 15 is 0 Å². The third-order valence-electron chi connectivity index (χ3n) is 1.98. The average Bonchev–Trinajstić information content (AvgIpc) is 1.99. The molecule has 0 aliphatic rings. The van der Waals surface area contributed by atoms with E-state index in [1.54, 1.807) is 6.92 Å². The van der Waals surface area contributed by atoms with Gasteiger partial charge < -0.3 is 5.73 Å². The fourth-order valence-electron chi connectivity index (χ4n) is 1.39. The molecule has 0 amide bonds. The number of halogens is 3. The highest BCUT2D eigenvalue weighted by Crippen LogP contribution is 2.26. The van der Waals surface area contributed by atoms with Gasteiger partial charge in [-0.3, -0.25) is 0 Å². The zero-order valence-corrected chi connectivity index (χ0v) is 9.11. The van der Waals surface area contributed by atoms with Gasteiger partial charge in [0, 0.05) is 16.6 Å². The minimum Gasteiger partial charge on any atom is -0.324 e. The van der Waals surface area contributed by atoms with Crippen LogP contribution in [0.15, 0.2) is 24.3 Å². The van der Waals surface area contributed by atoms with Crippen molar-refractivity contribution in [2.24, 2.45) is 5.73 Å². The molecule has 15 heavy (non-hydrogen) atoms. The highest BCUT2D eigenvalue weighted by Gasteiger charge is 2.17. The largest absolute Gasteiger partial charge is 0.324 e. The Labute approximate surface area is 92.5 Å². The Morgan fingerprint density at radius 3 is 2.33 bits per heavy atom. The maximum atomic E-state index is 13.4. The van der Waals surface area contributed by atoms with Gasteiger partial charge in [-0.05, 0) is 25.5 Å². The lowest BCUT2D eigenvalue weighted by atomic mass is 10.0. The number of hydrogen-bond donors (Lipinski definition) is 1. The molecule has 1 rings (SSSR count). The van der Waals surface area contributed by atoms with E-state index in [4.69, 9.17) is 17.3 Å². The van der Waals surface area contributed by atoms with Crippen molar-refractivity contribution >= 4 is 11.6 Å². The molecule has 0 saturated carbocycles. The SMILES string of the molecule is C=C(C)C[C@H](N)c1c(F)cc(Cl)cc1F. The molecule has 4 heteroatoms. The van der Waals surface area contributed by atoms with E-state index in [9.17, 15) is 8.78 Å². The Morgan fingerprint density at radius 2 is 1.93 bits per heavy atom. The van der Waals surface area contributed by atoms with E-state index in [1.807, 2.05) is 0 Å². The predicted octanol–water partition coefficient (Wildman–Crippen LogP) is 3.58. The molecule has 0 unspecified atom stereocenters. The third-order valence-corrected chi connectivity index (χ3v) is 2.20. The van der Waals surface area contributed by atoms with E-state index in [1.165, 1.54) is 0 Å². The van der Waals surface area contributed by atoms with Gasteiger partial charge in [-0.2, -0.15) is 0 Å². The van der Waals surface area contributed by atoms with Crippen LogP contribution < -0.4 is 5.73 Å². The van der Waals surface area contributed by atoms with Crippen LogP contribution in [0.1, 0.15) is 24.9 Å². The molecule has 1 nitrogen and oxygen atoms in total. The van der Waals surface area contributed by atoms with Crippen molar-refractivity contribution in [1.29, 1.82) is 0 Å². The van der Waals surface area contributed by atoms with Crippen LogP contribution in [0.25, 0.3) is 0 Å². The molecule has 0 aromatic heterocycles. The fraction of sp³-hybridized carbons (Fsp3) is 0.273. The van der Waals surface area contributed by atoms with Crippen molar-refractivity contribution in [3.8, 4) is 0 Å². The molecule has 0 saturated heterocycles. The second kappa shape index (κ2) is 4.73. The molecular formula is C11H12ClF2N. The van der Waals surface area contributed by atoms with Crippen LogP contribution in [-0.4, -0.2) is 0 Å². The van der Waals surface area contributed by atoms with Crippen LogP contribution in [0.2, 0.25) is 5.02 Å². The lowest BCUT2D eigenvalue weighted by molar-refractivity contribution is 0.524. The van der Waals surface area contributed by atoms with Crippen LogP contribution in [0.4, 0.5) is 8.78 Å². The van der Waals surface area contributed by atoms with E-state index in [0.29, 0.717) is 6.42 Å². The second-order valence-corrected chi connectivity index (χ2v) is 3.99. The van der Waals surface area contributed by atoms with Crippen molar-refractivity contribution in [3.05, 3.63) is 46.5 Å². The predicted molar refractivity (Wildman–Crippen MR) is 57.7 cm³/mol. The number of nitrogens with two attached hydrogens (primary N) is 1. The summed E-state index contributed by atoms with van der Waals surface area (Å²) in [4.78, 5) is 0. The topological polar surface area (TPSA) is 26.0 Å². The molecule has 0 radical (unpaired) electrons. The minimum atomic E-state index is -0.722. The van der Waals surface area contributed by atoms with Crippen molar-refractivity contribution in [3.63, 3.8) is 0 Å². The Hall–Kier alpha value is -0.930. The van der Waals surface area contributed by atoms with Crippen LogP contribution in [0, 0.1) is 11.6 Å². The van der Waals surface area contributed by atoms with Crippen molar-refractivity contribution < 1.29 is 8.78 Å². The van der Waals surface area contributed by atoms with E-state index < -0.39 is 17.7 Å². The van der Waals surface area contributed by atoms with Crippen LogP contribution in [0.3, 0.4) is 0 Å². The summed E-state index contributed by atoms with van der Waals surface area (Å²) < 4.78 is 26.8. The van der Waals surface area contributed by atoms with Crippen molar-refractivity contribution in [2.45, 2.75) is 19.4 Å². The summed E-state index contributed by atoms with van der Waals surface area (Å²) in [5, 5.41) is 0.0243. The molecule has 82 valence electrons. The smallest absolute Gasteiger partial charge is 0.132 e. The third kappa shape index (κ3) is 3.01. The standard InChI is InChI=1S/C11H12ClF2N/c1-6(2)3-10(15)11-8(13)4-7(12)5-9(11)14/h4-5,10H,1,3,15H2,2H3/t10-/m0/s1. The molecule has 0 bridgehead atoms. The Kier molecular flexibility index (Phi) is 3.83. The van der Waals surface area contributed by atoms with E-state index in [0.717, 1.165) is 17.7 Å². The number of rotatable bonds is 3. The summed E-state index contributed by atoms with van der Waals surface area (Å²) >= 11 is 5.49. The van der Waals surface area contributed by atoms with E-state index in [2.05, 4.69) is 6.58 Å². The molecule has 0 spiro atoms. The summed E-state index contributed by atoms with van der Waals surface area (Å²) in [7, 11) is 0. The first-order valence-corrected chi connectivity index (χ1v) is 4.84. The van der Waals surface area contributed by atoms with Gasteiger partial charge in [0.1, 0.15) is 11.6 Å². The van der Waals surface area contributed by atoms with E-state index in [-0.39, 0.29) is 10.6 Å². The molecule has 0 aliphatic carbocycles. The summed E-state index contributed by atoms with van der Waals surface area (Å²) in [5.41, 5.74) is 6.30. The van der Waals surface area contributed by atoms with Crippen LogP contribution in [-0.2, 0) is 0 Å². The fourth-order valence-corrected chi connectivity index (χ4v) is 1.58. The molecule has 1 aromatic carbocycles. The first-order chi connectivity index (χ1) is 6.91. The Bertz CT molecular complexity index is 367. The summed E-state index contributed by atoms with van der Waals surface area (Å²) in [5.74, 6) is -1.43. The first kappa shape index (κ1) is 12.1. The van der Waals surface area contributed by atoms with Gasteiger partial charge in [-0.25, -0.2) is 8.78 Å². The molecule has 2 N–H and O–H groups in total. The highest BCUT2D eigenvalue weighted by molar-refractivity contribution is 6.30. The molecule has 0 fully saturated rings. The Morgan fingerprint density at radius 1 is 1.47 bits per heavy atom. The van der Waals surface area contributed by atoms with Gasteiger partial charge in [-0.15, -0.1) is 6.58 Å². The monoisotopic (exact) mass is 231 g/mol. The van der Waals surface area contributed by atoms with Crippen molar-refractivity contribution in [2.75, 3.05) is 0 Å². The van der Waals surface area contributed by atoms with Crippen LogP contribution in [0.5, 0.6) is 0 Å².